The number of carbonyl (C=O) groups is 4. The van der Waals surface area contributed by atoms with Crippen molar-refractivity contribution < 1.29 is 55.2 Å². The fraction of sp³-hybridized carbons (Fsp3) is 0.500. The van der Waals surface area contributed by atoms with Crippen molar-refractivity contribution >= 4 is 41.6 Å². The minimum atomic E-state index is -2.84. The number of rotatable bonds is 30. The number of amides is 4. The van der Waals surface area contributed by atoms with E-state index < -0.39 is 53.7 Å². The topological polar surface area (TPSA) is 190 Å². The van der Waals surface area contributed by atoms with Gasteiger partial charge in [0.2, 0.25) is 0 Å². The molecule has 2 atom stereocenters. The smallest absolute Gasteiger partial charge is 0.447 e. The van der Waals surface area contributed by atoms with Crippen LogP contribution in [0.25, 0.3) is 0 Å². The van der Waals surface area contributed by atoms with E-state index in [9.17, 15) is 19.2 Å². The van der Waals surface area contributed by atoms with E-state index in [0.29, 0.717) is 88.8 Å². The van der Waals surface area contributed by atoms with Crippen LogP contribution in [-0.2, 0) is 36.0 Å². The Kier molecular flexibility index (Phi) is 24.0. The molecule has 18 heteroatoms. The summed E-state index contributed by atoms with van der Waals surface area (Å²) >= 11 is 0. The lowest BCUT2D eigenvalue weighted by Crippen LogP contribution is -2.46. The van der Waals surface area contributed by atoms with Crippen molar-refractivity contribution in [3.05, 3.63) is 107 Å². The van der Waals surface area contributed by atoms with Crippen LogP contribution in [-0.4, -0.2) is 108 Å². The van der Waals surface area contributed by atoms with Gasteiger partial charge in [0.25, 0.3) is 11.8 Å². The molecule has 4 amide bonds. The molecule has 0 fully saturated rings. The molecule has 0 bridgehead atoms. The summed E-state index contributed by atoms with van der Waals surface area (Å²) in [5.74, 6) is -0.857. The highest BCUT2D eigenvalue weighted by Crippen LogP contribution is 2.20. The lowest BCUT2D eigenvalue weighted by Gasteiger charge is -2.28. The minimum absolute atomic E-state index is 0.128. The predicted molar refractivity (Wildman–Crippen MR) is 239 cm³/mol. The van der Waals surface area contributed by atoms with Gasteiger partial charge in [-0.15, -0.1) is 0 Å². The first-order valence-corrected chi connectivity index (χ1v) is 25.4. The van der Waals surface area contributed by atoms with E-state index in [1.807, 2.05) is 102 Å². The van der Waals surface area contributed by atoms with E-state index in [2.05, 4.69) is 21.3 Å². The zero-order valence-electron chi connectivity index (χ0n) is 37.0. The van der Waals surface area contributed by atoms with Crippen LogP contribution in [0.5, 0.6) is 0 Å². The maximum Gasteiger partial charge on any atom is 0.500 e. The fourth-order valence-corrected chi connectivity index (χ4v) is 11.7. The Labute approximate surface area is 368 Å². The van der Waals surface area contributed by atoms with E-state index in [-0.39, 0.29) is 13.2 Å². The average Bonchev–Trinajstić information content (AvgIpc) is 3.28. The third kappa shape index (κ3) is 18.0. The lowest BCUT2D eigenvalue weighted by atomic mass is 10.1. The third-order valence-corrected chi connectivity index (χ3v) is 15.5. The second kappa shape index (κ2) is 28.8. The lowest BCUT2D eigenvalue weighted by molar-refractivity contribution is 0.0699. The van der Waals surface area contributed by atoms with Crippen molar-refractivity contribution in [2.24, 2.45) is 0 Å². The SMILES string of the molecule is CCO[Si](CCCNC(=O)OC[C@H](NC(=O)c1ccc(C(=O)N[C@@H](COC(=O)NCCC[Si](OCC)(OCC)OCC)c2ccccc2)cc1)c1ccccc1)(OCC)OCC. The molecule has 3 rings (SSSR count). The zero-order chi connectivity index (χ0) is 45.1. The quantitative estimate of drug-likeness (QED) is 0.0398. The van der Waals surface area contributed by atoms with E-state index in [4.69, 9.17) is 36.0 Å². The first-order chi connectivity index (χ1) is 30.1. The van der Waals surface area contributed by atoms with Crippen molar-refractivity contribution in [3.63, 3.8) is 0 Å². The molecule has 0 saturated carbocycles. The number of nitrogens with one attached hydrogen (secondary N) is 4. The highest BCUT2D eigenvalue weighted by molar-refractivity contribution is 6.61. The Morgan fingerprint density at radius 1 is 0.468 bits per heavy atom. The summed E-state index contributed by atoms with van der Waals surface area (Å²) in [5, 5.41) is 11.4. The van der Waals surface area contributed by atoms with E-state index >= 15 is 0 Å². The van der Waals surface area contributed by atoms with Gasteiger partial charge in [-0.25, -0.2) is 9.59 Å². The van der Waals surface area contributed by atoms with Crippen LogP contribution in [0.1, 0.15) is 98.3 Å². The summed E-state index contributed by atoms with van der Waals surface area (Å²) in [6.45, 7) is 14.5. The van der Waals surface area contributed by atoms with Crippen molar-refractivity contribution in [1.82, 2.24) is 21.3 Å². The highest BCUT2D eigenvalue weighted by Gasteiger charge is 2.40. The van der Waals surface area contributed by atoms with Crippen LogP contribution in [0.15, 0.2) is 84.9 Å². The van der Waals surface area contributed by atoms with E-state index in [1.165, 1.54) is 24.3 Å². The molecule has 4 N–H and O–H groups in total. The van der Waals surface area contributed by atoms with Crippen LogP contribution >= 0.6 is 0 Å². The summed E-state index contributed by atoms with van der Waals surface area (Å²) in [7, 11) is -5.68. The van der Waals surface area contributed by atoms with Crippen molar-refractivity contribution in [3.8, 4) is 0 Å². The fourth-order valence-electron chi connectivity index (χ4n) is 6.48. The number of hydrogen-bond acceptors (Lipinski definition) is 12. The maximum atomic E-state index is 13.5. The number of alkyl carbamates (subject to hydrolysis) is 2. The molecule has 0 spiro atoms. The van der Waals surface area contributed by atoms with Gasteiger partial charge < -0.3 is 57.3 Å². The number of carbonyl (C=O) groups excluding carboxylic acids is 4. The monoisotopic (exact) mass is 898 g/mol. The molecule has 0 saturated heterocycles. The summed E-state index contributed by atoms with van der Waals surface area (Å²) in [4.78, 5) is 52.4. The molecule has 3 aromatic rings. The molecular weight excluding hydrogens is 833 g/mol. The molecule has 342 valence electrons. The van der Waals surface area contributed by atoms with Gasteiger partial charge in [-0.05, 0) is 89.8 Å². The standard InChI is InChI=1S/C44H66N4O12Si2/c1-7-55-61(56-8-2,57-9-3)31-19-29-45-43(51)53-33-39(35-21-15-13-16-22-35)47-41(49)37-25-27-38(28-26-37)42(50)48-40(36-23-17-14-18-24-36)34-54-44(52)46-30-20-32-62(58-10-4,59-11-5)60-12-6/h13-18,21-28,39-40H,7-12,19-20,29-34H2,1-6H3,(H,45,51)(H,46,52)(H,47,49)(H,48,50)/t39-,40-/m0/s1. The second-order valence-corrected chi connectivity index (χ2v) is 19.1. The molecule has 3 aromatic carbocycles. The van der Waals surface area contributed by atoms with E-state index in [0.717, 1.165) is 11.1 Å². The van der Waals surface area contributed by atoms with Crippen LogP contribution < -0.4 is 21.3 Å². The third-order valence-electron chi connectivity index (χ3n) is 9.23. The first-order valence-electron chi connectivity index (χ1n) is 21.5. The number of benzene rings is 3. The molecule has 0 aromatic heterocycles. The van der Waals surface area contributed by atoms with Crippen molar-refractivity contribution in [2.45, 2.75) is 78.6 Å². The molecule has 62 heavy (non-hydrogen) atoms. The number of ether oxygens (including phenoxy) is 2. The van der Waals surface area contributed by atoms with Gasteiger partial charge >= 0.3 is 29.8 Å². The van der Waals surface area contributed by atoms with Crippen LogP contribution in [0.3, 0.4) is 0 Å². The first kappa shape index (κ1) is 51.7. The van der Waals surface area contributed by atoms with Gasteiger partial charge in [-0.2, -0.15) is 0 Å². The molecule has 0 unspecified atom stereocenters. The largest absolute Gasteiger partial charge is 0.500 e. The minimum Gasteiger partial charge on any atom is -0.447 e. The van der Waals surface area contributed by atoms with Crippen LogP contribution in [0, 0.1) is 0 Å². The predicted octanol–water partition coefficient (Wildman–Crippen LogP) is 6.96. The van der Waals surface area contributed by atoms with Gasteiger partial charge in [0, 0.05) is 75.9 Å². The molecule has 0 heterocycles. The van der Waals surface area contributed by atoms with Crippen LogP contribution in [0.4, 0.5) is 9.59 Å². The van der Waals surface area contributed by atoms with Crippen molar-refractivity contribution in [1.29, 1.82) is 0 Å². The van der Waals surface area contributed by atoms with Gasteiger partial charge in [-0.3, -0.25) is 9.59 Å². The van der Waals surface area contributed by atoms with Crippen molar-refractivity contribution in [2.75, 3.05) is 65.9 Å². The molecule has 0 aliphatic heterocycles. The molecule has 0 aliphatic carbocycles. The Balaban J connectivity index is 1.57. The summed E-state index contributed by atoms with van der Waals surface area (Å²) < 4.78 is 46.4. The maximum absolute atomic E-state index is 13.5. The van der Waals surface area contributed by atoms with Gasteiger partial charge in [0.15, 0.2) is 0 Å². The molecule has 0 aliphatic rings. The highest BCUT2D eigenvalue weighted by atomic mass is 28.4. The molecule has 0 radical (unpaired) electrons. The van der Waals surface area contributed by atoms with Crippen LogP contribution in [0.2, 0.25) is 12.1 Å². The normalized spacial score (nSPS) is 12.5. The van der Waals surface area contributed by atoms with Gasteiger partial charge in [-0.1, -0.05) is 60.7 Å². The number of hydrogen-bond donors (Lipinski definition) is 4. The summed E-state index contributed by atoms with van der Waals surface area (Å²) in [6, 6.07) is 24.3. The van der Waals surface area contributed by atoms with Gasteiger partial charge in [0.1, 0.15) is 13.2 Å². The Bertz CT molecular complexity index is 1580. The average molecular weight is 899 g/mol. The van der Waals surface area contributed by atoms with Gasteiger partial charge in [0.05, 0.1) is 12.1 Å². The Hall–Kier alpha value is -4.67. The summed E-state index contributed by atoms with van der Waals surface area (Å²) in [5.41, 5.74) is 2.06. The molecule has 16 nitrogen and oxygen atoms in total. The molecular formula is C44H66N4O12Si2. The Morgan fingerprint density at radius 2 is 0.774 bits per heavy atom. The summed E-state index contributed by atoms with van der Waals surface area (Å²) in [6.07, 6.45) is -0.132. The van der Waals surface area contributed by atoms with E-state index in [1.54, 1.807) is 0 Å². The Morgan fingerprint density at radius 3 is 1.06 bits per heavy atom. The zero-order valence-corrected chi connectivity index (χ0v) is 39.0. The second-order valence-electron chi connectivity index (χ2n) is 13.7.